The number of alkyl halides is 6. The van der Waals surface area contributed by atoms with Gasteiger partial charge in [0.25, 0.3) is 0 Å². The number of likely N-dealkylation sites (tertiary alicyclic amines) is 1. The molecule has 1 saturated heterocycles. The van der Waals surface area contributed by atoms with Crippen LogP contribution in [-0.2, 0) is 28.4 Å². The molecule has 0 N–H and O–H groups in total. The van der Waals surface area contributed by atoms with Crippen molar-refractivity contribution >= 4 is 35.2 Å². The van der Waals surface area contributed by atoms with E-state index in [2.05, 4.69) is 0 Å². The standard InChI is InChI=1S/C27H28Cl2F6N2O3/c1-25(2,3)40-24(39)37-8-7-19(20(14-37)16-5-6-21(28)22(29)11-16)23(38)36(4)13-15-9-17(26(30,31)32)12-18(10-15)27(33,34)35/h5-6,9-12,19-20H,7-8,13-14H2,1-4H3/t19-,20+/m1/s1. The lowest BCUT2D eigenvalue weighted by Crippen LogP contribution is -2.48. The predicted octanol–water partition coefficient (Wildman–Crippen LogP) is 8.03. The topological polar surface area (TPSA) is 49.9 Å². The largest absolute Gasteiger partial charge is 0.444 e. The number of benzene rings is 2. The Hall–Kier alpha value is -2.66. The van der Waals surface area contributed by atoms with E-state index < -0.39 is 59.5 Å². The molecule has 220 valence electrons. The van der Waals surface area contributed by atoms with E-state index in [4.69, 9.17) is 27.9 Å². The molecule has 13 heteroatoms. The maximum absolute atomic E-state index is 13.6. The number of ether oxygens (including phenoxy) is 1. The molecule has 0 bridgehead atoms. The first-order valence-corrected chi connectivity index (χ1v) is 13.0. The van der Waals surface area contributed by atoms with Gasteiger partial charge in [0, 0.05) is 38.5 Å². The molecule has 5 nitrogen and oxygen atoms in total. The van der Waals surface area contributed by atoms with Crippen LogP contribution in [0, 0.1) is 5.92 Å². The third-order valence-corrected chi connectivity index (χ3v) is 7.14. The number of amides is 2. The Morgan fingerprint density at radius 3 is 2.02 bits per heavy atom. The van der Waals surface area contributed by atoms with E-state index in [-0.39, 0.29) is 41.2 Å². The highest BCUT2D eigenvalue weighted by Crippen LogP contribution is 2.39. The molecule has 0 spiro atoms. The maximum Gasteiger partial charge on any atom is 0.416 e. The lowest BCUT2D eigenvalue weighted by molar-refractivity contribution is -0.143. The van der Waals surface area contributed by atoms with Gasteiger partial charge < -0.3 is 14.5 Å². The molecule has 0 radical (unpaired) electrons. The molecule has 0 unspecified atom stereocenters. The Labute approximate surface area is 238 Å². The third-order valence-electron chi connectivity index (χ3n) is 6.40. The summed E-state index contributed by atoms with van der Waals surface area (Å²) < 4.78 is 85.4. The summed E-state index contributed by atoms with van der Waals surface area (Å²) in [5.74, 6) is -1.86. The van der Waals surface area contributed by atoms with E-state index >= 15 is 0 Å². The fourth-order valence-corrected chi connectivity index (χ4v) is 4.87. The van der Waals surface area contributed by atoms with Crippen LogP contribution in [0.3, 0.4) is 0 Å². The van der Waals surface area contributed by atoms with Gasteiger partial charge in [-0.15, -0.1) is 0 Å². The van der Waals surface area contributed by atoms with Crippen molar-refractivity contribution in [2.75, 3.05) is 20.1 Å². The number of piperidine rings is 1. The molecule has 0 aromatic heterocycles. The molecule has 1 aliphatic heterocycles. The smallest absolute Gasteiger partial charge is 0.416 e. The summed E-state index contributed by atoms with van der Waals surface area (Å²) in [6.07, 6.45) is -10.4. The average Bonchev–Trinajstić information content (AvgIpc) is 2.82. The normalized spacial score (nSPS) is 18.4. The zero-order chi connectivity index (χ0) is 30.2. The number of hydrogen-bond donors (Lipinski definition) is 0. The molecule has 2 amide bonds. The van der Waals surface area contributed by atoms with Gasteiger partial charge in [0.1, 0.15) is 5.60 Å². The van der Waals surface area contributed by atoms with Gasteiger partial charge in [-0.1, -0.05) is 29.3 Å². The van der Waals surface area contributed by atoms with Crippen molar-refractivity contribution < 1.29 is 40.7 Å². The number of hydrogen-bond acceptors (Lipinski definition) is 3. The van der Waals surface area contributed by atoms with Crippen LogP contribution < -0.4 is 0 Å². The van der Waals surface area contributed by atoms with E-state index in [9.17, 15) is 35.9 Å². The molecule has 1 fully saturated rings. The highest BCUT2D eigenvalue weighted by Gasteiger charge is 2.40. The number of halogens is 8. The summed E-state index contributed by atoms with van der Waals surface area (Å²) in [5, 5.41) is 0.493. The molecule has 40 heavy (non-hydrogen) atoms. The average molecular weight is 613 g/mol. The first kappa shape index (κ1) is 31.9. The number of carbonyl (C=O) groups is 2. The van der Waals surface area contributed by atoms with Crippen molar-refractivity contribution in [3.05, 3.63) is 68.7 Å². The minimum atomic E-state index is -5.01. The van der Waals surface area contributed by atoms with Crippen LogP contribution in [0.5, 0.6) is 0 Å². The number of carbonyl (C=O) groups excluding carboxylic acids is 2. The summed E-state index contributed by atoms with van der Waals surface area (Å²) in [4.78, 5) is 28.9. The van der Waals surface area contributed by atoms with Gasteiger partial charge >= 0.3 is 18.4 Å². The predicted molar refractivity (Wildman–Crippen MR) is 138 cm³/mol. The first-order chi connectivity index (χ1) is 18.3. The minimum absolute atomic E-state index is 0.0397. The first-order valence-electron chi connectivity index (χ1n) is 12.2. The maximum atomic E-state index is 13.6. The van der Waals surface area contributed by atoms with E-state index in [1.54, 1.807) is 32.9 Å². The summed E-state index contributed by atoms with van der Waals surface area (Å²) >= 11 is 12.3. The van der Waals surface area contributed by atoms with Crippen LogP contribution >= 0.6 is 23.2 Å². The zero-order valence-electron chi connectivity index (χ0n) is 22.1. The molecule has 1 heterocycles. The van der Waals surface area contributed by atoms with Crippen LogP contribution in [0.2, 0.25) is 10.0 Å². The molecule has 3 rings (SSSR count). The van der Waals surface area contributed by atoms with Gasteiger partial charge in [0.05, 0.1) is 21.2 Å². The second-order valence-corrected chi connectivity index (χ2v) is 11.5. The Balaban J connectivity index is 1.91. The summed E-state index contributed by atoms with van der Waals surface area (Å²) in [5.41, 5.74) is -3.42. The molecule has 2 atom stereocenters. The molecule has 0 saturated carbocycles. The van der Waals surface area contributed by atoms with Crippen molar-refractivity contribution in [1.29, 1.82) is 0 Å². The van der Waals surface area contributed by atoms with E-state index in [1.807, 2.05) is 0 Å². The number of rotatable bonds is 4. The zero-order valence-corrected chi connectivity index (χ0v) is 23.6. The SMILES string of the molecule is CN(Cc1cc(C(F)(F)F)cc(C(F)(F)F)c1)C(=O)[C@@H]1CCN(C(=O)OC(C)(C)C)C[C@H]1c1ccc(Cl)c(Cl)c1. The molecule has 0 aliphatic carbocycles. The second kappa shape index (κ2) is 11.7. The third kappa shape index (κ3) is 7.96. The van der Waals surface area contributed by atoms with Crippen molar-refractivity contribution in [3.8, 4) is 0 Å². The molecular weight excluding hydrogens is 585 g/mol. The van der Waals surface area contributed by atoms with Crippen LogP contribution in [0.15, 0.2) is 36.4 Å². The van der Waals surface area contributed by atoms with Crippen LogP contribution in [-0.4, -0.2) is 47.5 Å². The van der Waals surface area contributed by atoms with Gasteiger partial charge in [-0.25, -0.2) is 4.79 Å². The van der Waals surface area contributed by atoms with Gasteiger partial charge in [-0.05, 0) is 68.7 Å². The highest BCUT2D eigenvalue weighted by molar-refractivity contribution is 6.42. The quantitative estimate of drug-likeness (QED) is 0.328. The van der Waals surface area contributed by atoms with E-state index in [1.165, 1.54) is 18.0 Å². The highest BCUT2D eigenvalue weighted by atomic mass is 35.5. The Morgan fingerprint density at radius 1 is 0.950 bits per heavy atom. The van der Waals surface area contributed by atoms with Crippen LogP contribution in [0.1, 0.15) is 55.4 Å². The summed E-state index contributed by atoms with van der Waals surface area (Å²) in [7, 11) is 1.31. The fraction of sp³-hybridized carbons (Fsp3) is 0.481. The van der Waals surface area contributed by atoms with Gasteiger partial charge in [0.2, 0.25) is 5.91 Å². The Morgan fingerprint density at radius 2 is 1.52 bits per heavy atom. The summed E-state index contributed by atoms with van der Waals surface area (Å²) in [6, 6.07) is 5.99. The molecular formula is C27H28Cl2F6N2O3. The van der Waals surface area contributed by atoms with Crippen LogP contribution in [0.4, 0.5) is 31.1 Å². The summed E-state index contributed by atoms with van der Waals surface area (Å²) in [6.45, 7) is 4.86. The van der Waals surface area contributed by atoms with Gasteiger partial charge in [-0.2, -0.15) is 26.3 Å². The second-order valence-electron chi connectivity index (χ2n) is 10.7. The van der Waals surface area contributed by atoms with Crippen molar-refractivity contribution in [1.82, 2.24) is 9.80 Å². The van der Waals surface area contributed by atoms with Gasteiger partial charge in [0.15, 0.2) is 0 Å². The lowest BCUT2D eigenvalue weighted by Gasteiger charge is -2.40. The Bertz CT molecular complexity index is 1230. The lowest BCUT2D eigenvalue weighted by atomic mass is 9.80. The fourth-order valence-electron chi connectivity index (χ4n) is 4.57. The van der Waals surface area contributed by atoms with Crippen molar-refractivity contribution in [2.45, 2.75) is 57.6 Å². The Kier molecular flexibility index (Phi) is 9.30. The minimum Gasteiger partial charge on any atom is -0.444 e. The van der Waals surface area contributed by atoms with E-state index in [0.717, 1.165) is 4.90 Å². The number of nitrogens with zero attached hydrogens (tertiary/aromatic N) is 2. The van der Waals surface area contributed by atoms with E-state index in [0.29, 0.717) is 17.7 Å². The molecule has 1 aliphatic rings. The van der Waals surface area contributed by atoms with Crippen molar-refractivity contribution in [2.24, 2.45) is 5.92 Å². The van der Waals surface area contributed by atoms with Gasteiger partial charge in [-0.3, -0.25) is 4.79 Å². The van der Waals surface area contributed by atoms with Crippen molar-refractivity contribution in [3.63, 3.8) is 0 Å². The monoisotopic (exact) mass is 612 g/mol. The van der Waals surface area contributed by atoms with Crippen LogP contribution in [0.25, 0.3) is 0 Å². The molecule has 2 aromatic carbocycles. The molecule has 2 aromatic rings.